The van der Waals surface area contributed by atoms with Crippen molar-refractivity contribution in [2.24, 2.45) is 11.3 Å². The predicted octanol–water partition coefficient (Wildman–Crippen LogP) is 6.26. The molecular weight excluding hydrogens is 610 g/mol. The van der Waals surface area contributed by atoms with Crippen molar-refractivity contribution in [3.05, 3.63) is 107 Å². The number of carbonyl (C=O) groups excluding carboxylic acids is 1. The summed E-state index contributed by atoms with van der Waals surface area (Å²) in [4.78, 5) is 26.8. The first-order valence-electron chi connectivity index (χ1n) is 15.6. The number of carbonyl (C=O) groups is 1. The number of anilines is 1. The van der Waals surface area contributed by atoms with Crippen molar-refractivity contribution >= 4 is 66.7 Å². The highest BCUT2D eigenvalue weighted by molar-refractivity contribution is 6.30. The van der Waals surface area contributed by atoms with Crippen molar-refractivity contribution in [1.29, 1.82) is 0 Å². The van der Waals surface area contributed by atoms with E-state index >= 15 is 0 Å². The topological polar surface area (TPSA) is 113 Å². The largest absolute Gasteiger partial charge is 0.389 e. The molecule has 0 bridgehead atoms. The zero-order valence-corrected chi connectivity index (χ0v) is 26.0. The molecule has 5 aromatic carbocycles. The number of aliphatic hydroxyl groups excluding tert-OH is 2. The Morgan fingerprint density at radius 2 is 1.72 bits per heavy atom. The molecule has 2 saturated carbocycles. The van der Waals surface area contributed by atoms with Gasteiger partial charge >= 0.3 is 0 Å². The smallest absolute Gasteiger partial charge is 0.209 e. The second kappa shape index (κ2) is 10.2. The molecule has 8 nitrogen and oxygen atoms in total. The van der Waals surface area contributed by atoms with Crippen LogP contribution in [-0.4, -0.2) is 47.7 Å². The van der Waals surface area contributed by atoms with E-state index in [0.29, 0.717) is 35.0 Å². The van der Waals surface area contributed by atoms with Crippen LogP contribution in [0.1, 0.15) is 36.3 Å². The van der Waals surface area contributed by atoms with E-state index < -0.39 is 23.7 Å². The molecule has 2 aliphatic carbocycles. The molecule has 5 atom stereocenters. The lowest BCUT2D eigenvalue weighted by molar-refractivity contribution is -0.128. The third-order valence-electron chi connectivity index (χ3n) is 10.3. The first-order chi connectivity index (χ1) is 22.8. The van der Waals surface area contributed by atoms with Gasteiger partial charge in [0, 0.05) is 17.1 Å². The first kappa shape index (κ1) is 28.2. The number of benzene rings is 5. The number of nitrogens with zero attached hydrogens (tertiary/aromatic N) is 4. The summed E-state index contributed by atoms with van der Waals surface area (Å²) in [6.07, 6.45) is -0.169. The quantitative estimate of drug-likeness (QED) is 0.151. The van der Waals surface area contributed by atoms with Crippen LogP contribution in [0.15, 0.2) is 85.2 Å². The Balaban J connectivity index is 1.17. The summed E-state index contributed by atoms with van der Waals surface area (Å²) >= 11 is 6.24. The van der Waals surface area contributed by atoms with Gasteiger partial charge in [-0.1, -0.05) is 78.2 Å². The highest BCUT2D eigenvalue weighted by atomic mass is 35.5. The lowest BCUT2D eigenvalue weighted by Gasteiger charge is -2.23. The Bertz CT molecular complexity index is 2470. The summed E-state index contributed by atoms with van der Waals surface area (Å²) in [6.45, 7) is 1.92. The van der Waals surface area contributed by atoms with Crippen LogP contribution < -0.4 is 5.32 Å². The Morgan fingerprint density at radius 1 is 0.979 bits per heavy atom. The van der Waals surface area contributed by atoms with Crippen molar-refractivity contribution < 1.29 is 15.0 Å². The fourth-order valence-corrected chi connectivity index (χ4v) is 8.10. The van der Waals surface area contributed by atoms with Gasteiger partial charge in [-0.15, -0.1) is 0 Å². The van der Waals surface area contributed by atoms with Crippen LogP contribution in [0.4, 0.5) is 5.82 Å². The van der Waals surface area contributed by atoms with Crippen molar-refractivity contribution in [3.63, 3.8) is 0 Å². The van der Waals surface area contributed by atoms with Crippen LogP contribution in [0.2, 0.25) is 5.02 Å². The van der Waals surface area contributed by atoms with Gasteiger partial charge in [0.05, 0.1) is 23.9 Å². The molecule has 0 saturated heterocycles. The van der Waals surface area contributed by atoms with Gasteiger partial charge in [-0.05, 0) is 81.3 Å². The molecule has 47 heavy (non-hydrogen) atoms. The van der Waals surface area contributed by atoms with Crippen LogP contribution in [0.5, 0.6) is 0 Å². The molecule has 9 heteroatoms. The number of Topliss-reactive ketones (excluding diaryl/α,β-unsaturated/α-hetero) is 1. The van der Waals surface area contributed by atoms with Crippen LogP contribution in [0.25, 0.3) is 43.5 Å². The first-order valence-corrected chi connectivity index (χ1v) is 16.0. The number of hydrogen-bond donors (Lipinski definition) is 3. The Morgan fingerprint density at radius 3 is 2.49 bits per heavy atom. The molecule has 0 radical (unpaired) electrons. The molecule has 0 amide bonds. The second-order valence-corrected chi connectivity index (χ2v) is 13.2. The van der Waals surface area contributed by atoms with Gasteiger partial charge in [0.15, 0.2) is 17.0 Å². The summed E-state index contributed by atoms with van der Waals surface area (Å²) in [7, 11) is 0. The number of aliphatic hydroxyl groups is 2. The number of rotatable bonds is 5. The summed E-state index contributed by atoms with van der Waals surface area (Å²) in [5.74, 6) is 6.98. The van der Waals surface area contributed by atoms with Crippen molar-refractivity contribution in [3.8, 4) is 11.8 Å². The lowest BCUT2D eigenvalue weighted by Crippen LogP contribution is -2.36. The predicted molar refractivity (Wildman–Crippen MR) is 182 cm³/mol. The van der Waals surface area contributed by atoms with E-state index in [1.54, 1.807) is 10.9 Å². The zero-order chi connectivity index (χ0) is 32.0. The van der Waals surface area contributed by atoms with Crippen molar-refractivity contribution in [1.82, 2.24) is 19.5 Å². The average Bonchev–Trinajstić information content (AvgIpc) is 3.62. The maximum atomic E-state index is 12.6. The number of aromatic nitrogens is 4. The number of nitrogens with one attached hydrogen (secondary N) is 1. The number of imidazole rings is 1. The fourth-order valence-electron chi connectivity index (χ4n) is 7.89. The summed E-state index contributed by atoms with van der Waals surface area (Å²) in [5, 5.41) is 33.1. The van der Waals surface area contributed by atoms with Gasteiger partial charge in [-0.2, -0.15) is 0 Å². The van der Waals surface area contributed by atoms with Crippen molar-refractivity contribution in [2.45, 2.75) is 38.1 Å². The molecule has 7 aromatic rings. The minimum absolute atomic E-state index is 0.112. The van der Waals surface area contributed by atoms with E-state index in [1.165, 1.54) is 28.5 Å². The lowest BCUT2D eigenvalue weighted by atomic mass is 9.92. The number of ketones is 1. The van der Waals surface area contributed by atoms with Gasteiger partial charge in [-0.3, -0.25) is 4.79 Å². The van der Waals surface area contributed by atoms with Crippen LogP contribution >= 0.6 is 11.6 Å². The van der Waals surface area contributed by atoms with Crippen LogP contribution in [0.3, 0.4) is 0 Å². The molecular formula is C38H28ClN5O3. The van der Waals surface area contributed by atoms with E-state index in [2.05, 4.69) is 70.7 Å². The molecule has 2 aromatic heterocycles. The molecule has 2 unspecified atom stereocenters. The molecule has 2 aliphatic rings. The van der Waals surface area contributed by atoms with E-state index in [9.17, 15) is 15.0 Å². The Kier molecular flexibility index (Phi) is 6.12. The van der Waals surface area contributed by atoms with Gasteiger partial charge in [-0.25, -0.2) is 15.0 Å². The van der Waals surface area contributed by atoms with E-state index in [0.717, 1.165) is 21.9 Å². The second-order valence-electron chi connectivity index (χ2n) is 12.8. The molecule has 2 fully saturated rings. The molecule has 3 N–H and O–H groups in total. The highest BCUT2D eigenvalue weighted by Crippen LogP contribution is 2.68. The standard InChI is InChI=1S/C38H28ClN5O3/c1-20(45)38-17-28(38)33(34(46)35(38)47)44-19-41-32-36(40-18-21-4-2-7-26(39)16-21)42-29(43-37(32)44)15-13-22-8-9-25-11-10-23-5-3-6-24-12-14-27(22)31(25)30(23)24/h2-12,14,16,19,28,33-35,46-47H,17-18H2,1H3,(H,40,42,43)/t28?,33-,34+,35?,38-/m1/s1. The summed E-state index contributed by atoms with van der Waals surface area (Å²) in [6, 6.07) is 26.0. The maximum absolute atomic E-state index is 12.6. The van der Waals surface area contributed by atoms with E-state index in [1.807, 2.05) is 30.3 Å². The van der Waals surface area contributed by atoms with E-state index in [-0.39, 0.29) is 17.5 Å². The highest BCUT2D eigenvalue weighted by Gasteiger charge is 2.74. The van der Waals surface area contributed by atoms with E-state index in [4.69, 9.17) is 21.6 Å². The molecule has 230 valence electrons. The third kappa shape index (κ3) is 4.17. The van der Waals surface area contributed by atoms with Gasteiger partial charge in [0.1, 0.15) is 11.9 Å². The normalized spacial score (nSPS) is 23.3. The number of hydrogen-bond acceptors (Lipinski definition) is 7. The summed E-state index contributed by atoms with van der Waals surface area (Å²) in [5.41, 5.74) is 1.86. The molecule has 0 aliphatic heterocycles. The summed E-state index contributed by atoms with van der Waals surface area (Å²) < 4.78 is 1.78. The maximum Gasteiger partial charge on any atom is 0.209 e. The van der Waals surface area contributed by atoms with Gasteiger partial charge in [0.2, 0.25) is 5.82 Å². The minimum atomic E-state index is -1.15. The van der Waals surface area contributed by atoms with Crippen LogP contribution in [0, 0.1) is 23.2 Å². The Labute approximate surface area is 274 Å². The monoisotopic (exact) mass is 637 g/mol. The minimum Gasteiger partial charge on any atom is -0.389 e. The van der Waals surface area contributed by atoms with Crippen LogP contribution in [-0.2, 0) is 11.3 Å². The van der Waals surface area contributed by atoms with Crippen molar-refractivity contribution in [2.75, 3.05) is 5.32 Å². The third-order valence-corrected chi connectivity index (χ3v) is 10.5. The van der Waals surface area contributed by atoms with Gasteiger partial charge < -0.3 is 20.1 Å². The zero-order valence-electron chi connectivity index (χ0n) is 25.3. The molecule has 2 heterocycles. The fraction of sp³-hybridized carbons (Fsp3) is 0.211. The van der Waals surface area contributed by atoms with Gasteiger partial charge in [0.25, 0.3) is 0 Å². The number of halogens is 1. The number of fused-ring (bicyclic) bond motifs is 2. The Hall–Kier alpha value is -5.07. The average molecular weight is 638 g/mol. The SMILES string of the molecule is CC(=O)[C@]12CC1[C@@H](n1cnc3c(NCc4cccc(Cl)c4)nc(C#Cc4ccc5ccc6cccc7ccc4c5c67)nc31)[C@H](O)C2O. The molecule has 0 spiro atoms. The molecule has 9 rings (SSSR count).